The van der Waals surface area contributed by atoms with Crippen molar-refractivity contribution in [3.8, 4) is 56.4 Å². The third-order valence-corrected chi connectivity index (χ3v) is 8.83. The van der Waals surface area contributed by atoms with Crippen molar-refractivity contribution < 1.29 is 17.1 Å². The Morgan fingerprint density at radius 1 is 0.360 bits per heavy atom. The Morgan fingerprint density at radius 3 is 1.76 bits per heavy atom. The Morgan fingerprint density at radius 2 is 0.960 bits per heavy atom. The highest BCUT2D eigenvalue weighted by atomic mass is 16.3. The molecule has 234 valence electrons. The number of fused-ring (bicyclic) bond motifs is 6. The Bertz CT molecular complexity index is 3200. The third-order valence-electron chi connectivity index (χ3n) is 8.83. The first-order chi connectivity index (χ1) is 27.3. The van der Waals surface area contributed by atoms with Crippen LogP contribution in [0.5, 0.6) is 0 Å². The molecule has 7 aromatic carbocycles. The van der Waals surface area contributed by atoms with Crippen LogP contribution in [0.1, 0.15) is 8.22 Å². The zero-order chi connectivity index (χ0) is 38.2. The maximum Gasteiger partial charge on any atom is 0.164 e. The van der Waals surface area contributed by atoms with Crippen LogP contribution in [0, 0.1) is 0 Å². The van der Waals surface area contributed by atoms with Crippen LogP contribution >= 0.6 is 0 Å². The topological polar surface area (TPSA) is 65.0 Å². The van der Waals surface area contributed by atoms with E-state index >= 15 is 0 Å². The first kappa shape index (κ1) is 22.7. The molecule has 50 heavy (non-hydrogen) atoms. The molecule has 0 saturated heterocycles. The summed E-state index contributed by atoms with van der Waals surface area (Å²) in [6, 6.07) is 38.3. The van der Waals surface area contributed by atoms with E-state index in [1.807, 2.05) is 127 Å². The lowest BCUT2D eigenvalue weighted by Crippen LogP contribution is -2.00. The second-order valence-electron chi connectivity index (χ2n) is 11.9. The molecule has 0 fully saturated rings. The summed E-state index contributed by atoms with van der Waals surface area (Å²) in [7, 11) is 0. The predicted octanol–water partition coefficient (Wildman–Crippen LogP) is 12.0. The van der Waals surface area contributed by atoms with Gasteiger partial charge in [0.25, 0.3) is 0 Å². The molecule has 0 amide bonds. The highest BCUT2D eigenvalue weighted by Crippen LogP contribution is 2.38. The molecule has 3 aromatic heterocycles. The first-order valence-corrected chi connectivity index (χ1v) is 16.1. The zero-order valence-electron chi connectivity index (χ0n) is 32.3. The number of nitrogens with zero attached hydrogens (tertiary/aromatic N) is 3. The van der Waals surface area contributed by atoms with E-state index in [-0.39, 0.29) is 81.0 Å². The largest absolute Gasteiger partial charge is 0.456 e. The van der Waals surface area contributed by atoms with Crippen molar-refractivity contribution in [2.75, 3.05) is 0 Å². The smallest absolute Gasteiger partial charge is 0.164 e. The van der Waals surface area contributed by atoms with Gasteiger partial charge >= 0.3 is 0 Å². The summed E-state index contributed by atoms with van der Waals surface area (Å²) in [5, 5.41) is 1.82. The van der Waals surface area contributed by atoms with Crippen LogP contribution in [0.25, 0.3) is 100 Å². The number of para-hydroxylation sites is 1. The summed E-state index contributed by atoms with van der Waals surface area (Å²) >= 11 is 0. The van der Waals surface area contributed by atoms with Crippen LogP contribution in [0.4, 0.5) is 0 Å². The van der Waals surface area contributed by atoms with Gasteiger partial charge in [0.05, 0.1) is 8.22 Å². The van der Waals surface area contributed by atoms with E-state index in [0.29, 0.717) is 33.7 Å². The number of hydrogen-bond donors (Lipinski definition) is 0. The molecule has 10 rings (SSSR count). The van der Waals surface area contributed by atoms with Gasteiger partial charge in [0, 0.05) is 38.2 Å². The molecule has 3 heterocycles. The van der Waals surface area contributed by atoms with E-state index in [0.717, 1.165) is 21.9 Å². The lowest BCUT2D eigenvalue weighted by atomic mass is 9.99. The van der Waals surface area contributed by atoms with Crippen molar-refractivity contribution in [2.24, 2.45) is 0 Å². The fraction of sp³-hybridized carbons (Fsp3) is 0. The van der Waals surface area contributed by atoms with Gasteiger partial charge in [-0.2, -0.15) is 0 Å². The Hall–Kier alpha value is -6.85. The summed E-state index contributed by atoms with van der Waals surface area (Å²) in [6.45, 7) is 0. The Kier molecular flexibility index (Phi) is 5.17. The monoisotopic (exact) mass is 647 g/mol. The first-order valence-electron chi connectivity index (χ1n) is 19.1. The number of aromatic nitrogens is 3. The molecule has 0 N–H and O–H groups in total. The maximum atomic E-state index is 9.45. The molecular formula is C45H27N3O2. The Balaban J connectivity index is 1.20. The second-order valence-corrected chi connectivity index (χ2v) is 11.9. The minimum Gasteiger partial charge on any atom is -0.456 e. The van der Waals surface area contributed by atoms with Crippen molar-refractivity contribution in [3.63, 3.8) is 0 Å². The van der Waals surface area contributed by atoms with E-state index in [4.69, 9.17) is 26.5 Å². The number of furan rings is 2. The van der Waals surface area contributed by atoms with Crippen molar-refractivity contribution in [1.82, 2.24) is 15.0 Å². The van der Waals surface area contributed by atoms with E-state index < -0.39 is 0 Å². The highest BCUT2D eigenvalue weighted by molar-refractivity contribution is 6.12. The minimum atomic E-state index is -0.344. The van der Waals surface area contributed by atoms with Gasteiger partial charge in [0.1, 0.15) is 22.3 Å². The van der Waals surface area contributed by atoms with Gasteiger partial charge in [0.2, 0.25) is 0 Å². The van der Waals surface area contributed by atoms with Gasteiger partial charge in [-0.25, -0.2) is 15.0 Å². The molecule has 10 aromatic rings. The van der Waals surface area contributed by atoms with E-state index in [9.17, 15) is 5.48 Å². The van der Waals surface area contributed by atoms with Crippen LogP contribution in [0.2, 0.25) is 0 Å². The van der Waals surface area contributed by atoms with E-state index in [1.165, 1.54) is 0 Å². The Labute approximate surface area is 295 Å². The molecule has 0 spiro atoms. The SMILES string of the molecule is [2H]c1c(-c2ccc(-c3ccccc3)cc2)c([2H])c2c(oc3c([2H])c(-c4nc(-c5ccccc5)nc(-c5cccc6oc7ccccc7c56)n4)c([2H])c([2H])c32)c1[2H]. The summed E-state index contributed by atoms with van der Waals surface area (Å²) < 4.78 is 67.6. The van der Waals surface area contributed by atoms with Gasteiger partial charge < -0.3 is 8.83 Å². The van der Waals surface area contributed by atoms with Crippen molar-refractivity contribution in [1.29, 1.82) is 0 Å². The third kappa shape index (κ3) is 4.75. The summed E-state index contributed by atoms with van der Waals surface area (Å²) in [4.78, 5) is 14.5. The fourth-order valence-electron chi connectivity index (χ4n) is 6.39. The van der Waals surface area contributed by atoms with Crippen LogP contribution in [0.15, 0.2) is 172 Å². The van der Waals surface area contributed by atoms with E-state index in [2.05, 4.69) is 0 Å². The molecule has 5 heteroatoms. The van der Waals surface area contributed by atoms with Gasteiger partial charge in [-0.3, -0.25) is 0 Å². The molecule has 0 radical (unpaired) electrons. The molecule has 0 bridgehead atoms. The molecule has 0 saturated carbocycles. The molecule has 0 aliphatic rings. The average Bonchev–Trinajstić information content (AvgIpc) is 3.84. The summed E-state index contributed by atoms with van der Waals surface area (Å²) in [5.41, 5.74) is 5.15. The van der Waals surface area contributed by atoms with E-state index in [1.54, 1.807) is 0 Å². The molecule has 0 aliphatic heterocycles. The molecular weight excluding hydrogens is 615 g/mol. The van der Waals surface area contributed by atoms with Crippen LogP contribution in [-0.4, -0.2) is 15.0 Å². The van der Waals surface area contributed by atoms with Gasteiger partial charge in [0.15, 0.2) is 17.5 Å². The number of rotatable bonds is 5. The zero-order valence-corrected chi connectivity index (χ0v) is 26.3. The van der Waals surface area contributed by atoms with Crippen molar-refractivity contribution in [3.05, 3.63) is 164 Å². The van der Waals surface area contributed by atoms with Gasteiger partial charge in [-0.15, -0.1) is 0 Å². The molecule has 0 unspecified atom stereocenters. The minimum absolute atomic E-state index is 0.0120. The van der Waals surface area contributed by atoms with Crippen molar-refractivity contribution >= 4 is 43.9 Å². The predicted molar refractivity (Wildman–Crippen MR) is 202 cm³/mol. The van der Waals surface area contributed by atoms with Gasteiger partial charge in [-0.05, 0) is 58.6 Å². The molecule has 0 atom stereocenters. The quantitative estimate of drug-likeness (QED) is 0.186. The lowest BCUT2D eigenvalue weighted by molar-refractivity contribution is 0.668. The number of benzene rings is 7. The highest BCUT2D eigenvalue weighted by Gasteiger charge is 2.18. The lowest BCUT2D eigenvalue weighted by Gasteiger charge is -2.09. The fourth-order valence-corrected chi connectivity index (χ4v) is 6.39. The van der Waals surface area contributed by atoms with Crippen LogP contribution < -0.4 is 0 Å². The standard InChI is InChI=1S/C45H27N3O2/c1-3-10-28(11-4-1)29-18-20-30(21-19-29)32-23-25-39-37(26-32)34-24-22-33(27-41(34)50-39)44-46-43(31-12-5-2-6-13-31)47-45(48-44)36-15-9-17-40-42(36)35-14-7-8-16-38(35)49-40/h1-27H/i22D,23D,24D,25D,26D,27D. The van der Waals surface area contributed by atoms with Crippen molar-refractivity contribution in [2.45, 2.75) is 0 Å². The summed E-state index contributed by atoms with van der Waals surface area (Å²) in [5.74, 6) is 0.570. The number of hydrogen-bond acceptors (Lipinski definition) is 5. The molecule has 5 nitrogen and oxygen atoms in total. The van der Waals surface area contributed by atoms with Crippen LogP contribution in [-0.2, 0) is 0 Å². The van der Waals surface area contributed by atoms with Gasteiger partial charge in [-0.1, -0.05) is 127 Å². The maximum absolute atomic E-state index is 9.45. The van der Waals surface area contributed by atoms with Crippen LogP contribution in [0.3, 0.4) is 0 Å². The summed E-state index contributed by atoms with van der Waals surface area (Å²) in [6.07, 6.45) is 0. The average molecular weight is 648 g/mol. The normalized spacial score (nSPS) is 13.3. The molecule has 0 aliphatic carbocycles. The second kappa shape index (κ2) is 11.4.